The Morgan fingerprint density at radius 2 is 2.21 bits per heavy atom. The van der Waals surface area contributed by atoms with Gasteiger partial charge in [-0.05, 0) is 5.92 Å². The van der Waals surface area contributed by atoms with Crippen molar-refractivity contribution in [1.29, 1.82) is 0 Å². The van der Waals surface area contributed by atoms with Gasteiger partial charge in [0.05, 0.1) is 6.07 Å². The van der Waals surface area contributed by atoms with Crippen molar-refractivity contribution in [3.05, 3.63) is 22.2 Å². The maximum atomic E-state index is 11.0. The monoisotopic (exact) mass is 198 g/mol. The van der Waals surface area contributed by atoms with Crippen LogP contribution >= 0.6 is 0 Å². The van der Waals surface area contributed by atoms with E-state index in [0.29, 0.717) is 5.82 Å². The SMILES string of the molecule is COC(c1nc(O)cc(=O)[nH]1)C(C)C. The van der Waals surface area contributed by atoms with E-state index in [4.69, 9.17) is 9.84 Å². The molecule has 0 saturated carbocycles. The zero-order valence-corrected chi connectivity index (χ0v) is 8.44. The Labute approximate surface area is 81.8 Å². The summed E-state index contributed by atoms with van der Waals surface area (Å²) in [5.74, 6) is 0.240. The lowest BCUT2D eigenvalue weighted by atomic mass is 10.1. The molecule has 0 amide bonds. The van der Waals surface area contributed by atoms with Gasteiger partial charge in [0.1, 0.15) is 11.9 Å². The van der Waals surface area contributed by atoms with E-state index >= 15 is 0 Å². The summed E-state index contributed by atoms with van der Waals surface area (Å²) in [6, 6.07) is 1.02. The number of nitrogens with one attached hydrogen (secondary N) is 1. The predicted molar refractivity (Wildman–Crippen MR) is 51.1 cm³/mol. The standard InChI is InChI=1S/C9H14N2O3/c1-5(2)8(14-3)9-10-6(12)4-7(13)11-9/h4-5,8H,1-3H3,(H2,10,11,12,13). The number of ether oxygens (including phenoxy) is 1. The average molecular weight is 198 g/mol. The minimum absolute atomic E-state index is 0.171. The molecule has 5 nitrogen and oxygen atoms in total. The molecule has 0 spiro atoms. The highest BCUT2D eigenvalue weighted by atomic mass is 16.5. The van der Waals surface area contributed by atoms with Crippen molar-refractivity contribution in [2.45, 2.75) is 20.0 Å². The van der Waals surface area contributed by atoms with Crippen molar-refractivity contribution in [2.24, 2.45) is 5.92 Å². The summed E-state index contributed by atoms with van der Waals surface area (Å²) in [5, 5.41) is 9.13. The fourth-order valence-electron chi connectivity index (χ4n) is 1.30. The molecular weight excluding hydrogens is 184 g/mol. The molecule has 0 aliphatic heterocycles. The number of H-pyrrole nitrogens is 1. The molecule has 0 bridgehead atoms. The average Bonchev–Trinajstić information content (AvgIpc) is 2.02. The fraction of sp³-hybridized carbons (Fsp3) is 0.556. The van der Waals surface area contributed by atoms with Gasteiger partial charge in [0.2, 0.25) is 5.88 Å². The van der Waals surface area contributed by atoms with Crippen LogP contribution in [0.3, 0.4) is 0 Å². The van der Waals surface area contributed by atoms with Crippen LogP contribution < -0.4 is 5.56 Å². The number of hydrogen-bond donors (Lipinski definition) is 2. The van der Waals surface area contributed by atoms with Gasteiger partial charge in [-0.2, -0.15) is 4.98 Å². The number of methoxy groups -OCH3 is 1. The normalized spacial score (nSPS) is 13.1. The molecular formula is C9H14N2O3. The molecule has 1 aromatic heterocycles. The van der Waals surface area contributed by atoms with Gasteiger partial charge in [0.25, 0.3) is 5.56 Å². The van der Waals surface area contributed by atoms with Gasteiger partial charge in [-0.3, -0.25) is 4.79 Å². The Hall–Kier alpha value is -1.36. The number of aromatic nitrogens is 2. The molecule has 1 aromatic rings. The summed E-state index contributed by atoms with van der Waals surface area (Å²) in [6.07, 6.45) is -0.310. The van der Waals surface area contributed by atoms with Crippen molar-refractivity contribution in [3.8, 4) is 5.88 Å². The maximum absolute atomic E-state index is 11.0. The third kappa shape index (κ3) is 2.32. The first-order valence-corrected chi connectivity index (χ1v) is 4.37. The Morgan fingerprint density at radius 1 is 1.57 bits per heavy atom. The summed E-state index contributed by atoms with van der Waals surface area (Å²) in [7, 11) is 1.54. The lowest BCUT2D eigenvalue weighted by Crippen LogP contribution is -2.17. The highest BCUT2D eigenvalue weighted by molar-refractivity contribution is 5.08. The zero-order chi connectivity index (χ0) is 10.7. The highest BCUT2D eigenvalue weighted by Crippen LogP contribution is 2.21. The molecule has 1 rings (SSSR count). The first-order valence-electron chi connectivity index (χ1n) is 4.37. The van der Waals surface area contributed by atoms with Crippen LogP contribution in [0.2, 0.25) is 0 Å². The van der Waals surface area contributed by atoms with Gasteiger partial charge in [0, 0.05) is 7.11 Å². The molecule has 0 aliphatic rings. The molecule has 2 N–H and O–H groups in total. The van der Waals surface area contributed by atoms with Crippen LogP contribution in [0.5, 0.6) is 5.88 Å². The molecule has 0 radical (unpaired) electrons. The first kappa shape index (κ1) is 10.7. The number of rotatable bonds is 3. The van der Waals surface area contributed by atoms with Crippen molar-refractivity contribution in [1.82, 2.24) is 9.97 Å². The van der Waals surface area contributed by atoms with E-state index in [1.54, 1.807) is 0 Å². The summed E-state index contributed by atoms with van der Waals surface area (Å²) in [5.41, 5.74) is -0.379. The molecule has 14 heavy (non-hydrogen) atoms. The number of hydrogen-bond acceptors (Lipinski definition) is 4. The summed E-state index contributed by atoms with van der Waals surface area (Å²) >= 11 is 0. The molecule has 0 aliphatic carbocycles. The number of nitrogens with zero attached hydrogens (tertiary/aromatic N) is 1. The van der Waals surface area contributed by atoms with Crippen molar-refractivity contribution in [3.63, 3.8) is 0 Å². The van der Waals surface area contributed by atoms with Crippen molar-refractivity contribution in [2.75, 3.05) is 7.11 Å². The van der Waals surface area contributed by atoms with E-state index in [-0.39, 0.29) is 23.5 Å². The van der Waals surface area contributed by atoms with Gasteiger partial charge in [-0.1, -0.05) is 13.8 Å². The Balaban J connectivity index is 3.10. The van der Waals surface area contributed by atoms with E-state index in [1.165, 1.54) is 7.11 Å². The Kier molecular flexibility index (Phi) is 3.24. The summed E-state index contributed by atoms with van der Waals surface area (Å²) in [6.45, 7) is 3.89. The summed E-state index contributed by atoms with van der Waals surface area (Å²) < 4.78 is 5.16. The minimum Gasteiger partial charge on any atom is -0.493 e. The lowest BCUT2D eigenvalue weighted by molar-refractivity contribution is 0.0567. The molecule has 78 valence electrons. The van der Waals surface area contributed by atoms with Gasteiger partial charge < -0.3 is 14.8 Å². The van der Waals surface area contributed by atoms with Gasteiger partial charge in [-0.25, -0.2) is 0 Å². The second kappa shape index (κ2) is 4.23. The molecule has 0 fully saturated rings. The van der Waals surface area contributed by atoms with Gasteiger partial charge in [0.15, 0.2) is 0 Å². The maximum Gasteiger partial charge on any atom is 0.254 e. The second-order valence-electron chi connectivity index (χ2n) is 3.39. The van der Waals surface area contributed by atoms with E-state index in [9.17, 15) is 4.79 Å². The van der Waals surface area contributed by atoms with E-state index in [2.05, 4.69) is 9.97 Å². The molecule has 5 heteroatoms. The quantitative estimate of drug-likeness (QED) is 0.754. The highest BCUT2D eigenvalue weighted by Gasteiger charge is 2.18. The van der Waals surface area contributed by atoms with Crippen molar-refractivity contribution < 1.29 is 9.84 Å². The van der Waals surface area contributed by atoms with Crippen LogP contribution in [0.15, 0.2) is 10.9 Å². The van der Waals surface area contributed by atoms with E-state index in [0.717, 1.165) is 6.07 Å². The largest absolute Gasteiger partial charge is 0.493 e. The number of aromatic hydroxyl groups is 1. The second-order valence-corrected chi connectivity index (χ2v) is 3.39. The van der Waals surface area contributed by atoms with E-state index < -0.39 is 0 Å². The molecule has 0 saturated heterocycles. The van der Waals surface area contributed by atoms with Crippen LogP contribution in [-0.2, 0) is 4.74 Å². The third-order valence-electron chi connectivity index (χ3n) is 1.88. The molecule has 1 heterocycles. The lowest BCUT2D eigenvalue weighted by Gasteiger charge is -2.17. The third-order valence-corrected chi connectivity index (χ3v) is 1.88. The fourth-order valence-corrected chi connectivity index (χ4v) is 1.30. The van der Waals surface area contributed by atoms with Gasteiger partial charge >= 0.3 is 0 Å². The van der Waals surface area contributed by atoms with Crippen molar-refractivity contribution >= 4 is 0 Å². The Bertz CT molecular complexity index is 359. The van der Waals surface area contributed by atoms with E-state index in [1.807, 2.05) is 13.8 Å². The van der Waals surface area contributed by atoms with Crippen LogP contribution in [0.4, 0.5) is 0 Å². The predicted octanol–water partition coefficient (Wildman–Crippen LogP) is 0.819. The Morgan fingerprint density at radius 3 is 2.64 bits per heavy atom. The smallest absolute Gasteiger partial charge is 0.254 e. The zero-order valence-electron chi connectivity index (χ0n) is 8.44. The van der Waals surface area contributed by atoms with Crippen LogP contribution in [0.1, 0.15) is 25.8 Å². The van der Waals surface area contributed by atoms with Crippen LogP contribution in [0, 0.1) is 5.92 Å². The van der Waals surface area contributed by atoms with Crippen LogP contribution in [-0.4, -0.2) is 22.2 Å². The molecule has 1 unspecified atom stereocenters. The first-order chi connectivity index (χ1) is 6.54. The topological polar surface area (TPSA) is 75.2 Å². The molecule has 1 atom stereocenters. The summed E-state index contributed by atoms with van der Waals surface area (Å²) in [4.78, 5) is 17.4. The number of aromatic amines is 1. The van der Waals surface area contributed by atoms with Crippen LogP contribution in [0.25, 0.3) is 0 Å². The molecule has 0 aromatic carbocycles. The van der Waals surface area contributed by atoms with Gasteiger partial charge in [-0.15, -0.1) is 0 Å². The minimum atomic E-state index is -0.379.